The van der Waals surface area contributed by atoms with Gasteiger partial charge in [-0.05, 0) is 19.1 Å². The molecule has 2 heterocycles. The van der Waals surface area contributed by atoms with E-state index in [1.165, 1.54) is 12.4 Å². The van der Waals surface area contributed by atoms with Crippen LogP contribution >= 0.6 is 0 Å². The van der Waals surface area contributed by atoms with Crippen LogP contribution in [0.2, 0.25) is 0 Å². The van der Waals surface area contributed by atoms with E-state index in [9.17, 15) is 17.6 Å². The van der Waals surface area contributed by atoms with Crippen LogP contribution in [-0.4, -0.2) is 15.7 Å². The van der Waals surface area contributed by atoms with Crippen molar-refractivity contribution in [2.45, 2.75) is 6.92 Å². The first-order valence-electron chi connectivity index (χ1n) is 5.41. The molecule has 0 aliphatic carbocycles. The van der Waals surface area contributed by atoms with Gasteiger partial charge in [-0.1, -0.05) is 0 Å². The predicted molar refractivity (Wildman–Crippen MR) is 64.1 cm³/mol. The second kappa shape index (κ2) is 5.64. The van der Waals surface area contributed by atoms with E-state index < -0.39 is 29.2 Å². The highest BCUT2D eigenvalue weighted by atomic mass is 19.2. The summed E-state index contributed by atoms with van der Waals surface area (Å²) in [5, 5.41) is 3.67. The molecule has 0 aliphatic rings. The van der Waals surface area contributed by atoms with E-state index in [4.69, 9.17) is 0 Å². The molecule has 1 N–H and O–H groups in total. The molecule has 0 aliphatic heterocycles. The van der Waals surface area contributed by atoms with Gasteiger partial charge in [0.25, 0.3) is 11.9 Å². The third kappa shape index (κ3) is 2.73. The Morgan fingerprint density at radius 3 is 2.15 bits per heavy atom. The third-order valence-corrected chi connectivity index (χ3v) is 2.43. The van der Waals surface area contributed by atoms with Crippen LogP contribution in [0.1, 0.15) is 12.5 Å². The zero-order valence-corrected chi connectivity index (χ0v) is 10.2. The van der Waals surface area contributed by atoms with E-state index in [2.05, 4.69) is 15.1 Å². The lowest BCUT2D eigenvalue weighted by Gasteiger charge is -2.06. The van der Waals surface area contributed by atoms with Gasteiger partial charge in [0, 0.05) is 18.0 Å². The molecule has 0 fully saturated rings. The molecule has 0 saturated heterocycles. The van der Waals surface area contributed by atoms with Crippen molar-refractivity contribution in [3.63, 3.8) is 0 Å². The van der Waals surface area contributed by atoms with Crippen molar-refractivity contribution in [3.8, 4) is 0 Å². The highest BCUT2D eigenvalue weighted by Gasteiger charge is 2.20. The second-order valence-corrected chi connectivity index (χ2v) is 3.74. The van der Waals surface area contributed by atoms with Gasteiger partial charge in [-0.2, -0.15) is 27.6 Å². The fourth-order valence-electron chi connectivity index (χ4n) is 1.38. The highest BCUT2D eigenvalue weighted by Crippen LogP contribution is 2.22. The van der Waals surface area contributed by atoms with Gasteiger partial charge < -0.3 is 0 Å². The number of nitrogens with zero attached hydrogens (tertiary/aromatic N) is 3. The molecule has 0 atom stereocenters. The maximum atomic E-state index is 13.3. The number of aromatic nitrogens is 2. The number of hydrazone groups is 1. The van der Waals surface area contributed by atoms with Crippen LogP contribution < -0.4 is 5.43 Å². The summed E-state index contributed by atoms with van der Waals surface area (Å²) < 4.78 is 52.4. The molecule has 0 bridgehead atoms. The summed E-state index contributed by atoms with van der Waals surface area (Å²) in [5.74, 6) is -6.78. The topological polar surface area (TPSA) is 50.2 Å². The van der Waals surface area contributed by atoms with Gasteiger partial charge >= 0.3 is 0 Å². The Hall–Kier alpha value is -2.51. The quantitative estimate of drug-likeness (QED) is 0.408. The maximum Gasteiger partial charge on any atom is 0.254 e. The summed E-state index contributed by atoms with van der Waals surface area (Å²) in [6, 6.07) is 3.22. The van der Waals surface area contributed by atoms with Gasteiger partial charge in [0.15, 0.2) is 0 Å². The zero-order chi connectivity index (χ0) is 14.7. The van der Waals surface area contributed by atoms with Crippen molar-refractivity contribution < 1.29 is 17.6 Å². The van der Waals surface area contributed by atoms with Crippen molar-refractivity contribution in [2.24, 2.45) is 5.10 Å². The molecule has 0 radical (unpaired) electrons. The monoisotopic (exact) mass is 284 g/mol. The molecule has 2 aromatic heterocycles. The minimum Gasteiger partial charge on any atom is -0.272 e. The first kappa shape index (κ1) is 13.9. The number of hydrogen-bond acceptors (Lipinski definition) is 4. The van der Waals surface area contributed by atoms with Crippen LogP contribution in [0.3, 0.4) is 0 Å². The molecule has 0 unspecified atom stereocenters. The van der Waals surface area contributed by atoms with Crippen molar-refractivity contribution in [1.29, 1.82) is 0 Å². The van der Waals surface area contributed by atoms with Crippen LogP contribution in [0.5, 0.6) is 0 Å². The van der Waals surface area contributed by atoms with Gasteiger partial charge in [-0.15, -0.1) is 0 Å². The van der Waals surface area contributed by atoms with Crippen molar-refractivity contribution in [3.05, 3.63) is 53.6 Å². The minimum atomic E-state index is -1.75. The van der Waals surface area contributed by atoms with E-state index in [1.54, 1.807) is 19.1 Å². The summed E-state index contributed by atoms with van der Waals surface area (Å²) in [7, 11) is 0. The van der Waals surface area contributed by atoms with Gasteiger partial charge in [0.05, 0.1) is 5.71 Å². The minimum absolute atomic E-state index is 0.351. The summed E-state index contributed by atoms with van der Waals surface area (Å²) in [4.78, 5) is 6.23. The number of hydrogen-bond donors (Lipinski definition) is 1. The highest BCUT2D eigenvalue weighted by molar-refractivity contribution is 5.98. The molecule has 104 valence electrons. The van der Waals surface area contributed by atoms with Gasteiger partial charge in [0.2, 0.25) is 11.6 Å². The van der Waals surface area contributed by atoms with E-state index in [0.717, 1.165) is 0 Å². The molecule has 0 amide bonds. The normalized spacial score (nSPS) is 11.6. The Bertz CT molecular complexity index is 632. The SMILES string of the molecule is C/C(=N/Nc1c(F)c(F)nc(F)c1F)c1ccncc1. The molecule has 0 aromatic carbocycles. The summed E-state index contributed by atoms with van der Waals surface area (Å²) in [5.41, 5.74) is 1.90. The largest absolute Gasteiger partial charge is 0.272 e. The average molecular weight is 284 g/mol. The molecule has 0 saturated carbocycles. The van der Waals surface area contributed by atoms with E-state index in [0.29, 0.717) is 11.3 Å². The number of anilines is 1. The van der Waals surface area contributed by atoms with Crippen LogP contribution in [-0.2, 0) is 0 Å². The second-order valence-electron chi connectivity index (χ2n) is 3.74. The van der Waals surface area contributed by atoms with Gasteiger partial charge in [0.1, 0.15) is 5.69 Å². The van der Waals surface area contributed by atoms with Crippen LogP contribution in [0.4, 0.5) is 23.2 Å². The Balaban J connectivity index is 2.32. The Morgan fingerprint density at radius 1 is 1.05 bits per heavy atom. The van der Waals surface area contributed by atoms with Crippen LogP contribution in [0, 0.1) is 23.5 Å². The lowest BCUT2D eigenvalue weighted by molar-refractivity contribution is 0.411. The molecule has 4 nitrogen and oxygen atoms in total. The van der Waals surface area contributed by atoms with Crippen LogP contribution in [0.25, 0.3) is 0 Å². The van der Waals surface area contributed by atoms with E-state index in [1.807, 2.05) is 5.43 Å². The summed E-state index contributed by atoms with van der Waals surface area (Å²) in [6.07, 6.45) is 3.00. The molecular formula is C12H8F4N4. The summed E-state index contributed by atoms with van der Waals surface area (Å²) >= 11 is 0. The first-order chi connectivity index (χ1) is 9.50. The lowest BCUT2D eigenvalue weighted by Crippen LogP contribution is -2.07. The standard InChI is InChI=1S/C12H8F4N4/c1-6(7-2-4-17-5-3-7)19-20-10-8(13)11(15)18-12(16)9(10)14/h2-5H,1H3,(H,18,20)/b19-6-. The molecule has 20 heavy (non-hydrogen) atoms. The molecule has 0 spiro atoms. The van der Waals surface area contributed by atoms with Gasteiger partial charge in [-0.3, -0.25) is 10.4 Å². The van der Waals surface area contributed by atoms with Gasteiger partial charge in [-0.25, -0.2) is 0 Å². The number of pyridine rings is 2. The van der Waals surface area contributed by atoms with E-state index >= 15 is 0 Å². The Morgan fingerprint density at radius 2 is 1.60 bits per heavy atom. The lowest BCUT2D eigenvalue weighted by atomic mass is 10.2. The fourth-order valence-corrected chi connectivity index (χ4v) is 1.38. The van der Waals surface area contributed by atoms with Crippen molar-refractivity contribution in [2.75, 3.05) is 5.43 Å². The molecule has 8 heteroatoms. The first-order valence-corrected chi connectivity index (χ1v) is 5.41. The van der Waals surface area contributed by atoms with Crippen LogP contribution in [0.15, 0.2) is 29.6 Å². The number of nitrogens with one attached hydrogen (secondary N) is 1. The predicted octanol–water partition coefficient (Wildman–Crippen LogP) is 2.87. The third-order valence-electron chi connectivity index (χ3n) is 2.43. The van der Waals surface area contributed by atoms with Crippen molar-refractivity contribution >= 4 is 11.4 Å². The Kier molecular flexibility index (Phi) is 3.92. The van der Waals surface area contributed by atoms with Crippen molar-refractivity contribution in [1.82, 2.24) is 9.97 Å². The smallest absolute Gasteiger partial charge is 0.254 e. The summed E-state index contributed by atoms with van der Waals surface area (Å²) in [6.45, 7) is 1.55. The number of halogens is 4. The van der Waals surface area contributed by atoms with E-state index in [-0.39, 0.29) is 0 Å². The molecule has 2 rings (SSSR count). The molecular weight excluding hydrogens is 276 g/mol. The average Bonchev–Trinajstić information content (AvgIpc) is 2.46. The maximum absolute atomic E-state index is 13.3. The Labute approximate surface area is 111 Å². The molecule has 2 aromatic rings. The number of rotatable bonds is 3. The fraction of sp³-hybridized carbons (Fsp3) is 0.0833. The zero-order valence-electron chi connectivity index (χ0n) is 10.2.